The van der Waals surface area contributed by atoms with Crippen LogP contribution in [0.4, 0.5) is 0 Å². The molecule has 0 aliphatic rings. The smallest absolute Gasteiger partial charge is 0.185 e. The molecule has 0 amide bonds. The first kappa shape index (κ1) is 36.4. The van der Waals surface area contributed by atoms with Crippen molar-refractivity contribution in [1.82, 2.24) is 19.1 Å². The van der Waals surface area contributed by atoms with Crippen LogP contribution in [0.2, 0.25) is 0 Å². The summed E-state index contributed by atoms with van der Waals surface area (Å²) in [5.41, 5.74) is 8.51. The minimum absolute atomic E-state index is 0.865. The Morgan fingerprint density at radius 2 is 0.815 bits per heavy atom. The number of thiophene rings is 1. The van der Waals surface area contributed by atoms with E-state index >= 15 is 0 Å². The predicted octanol–water partition coefficient (Wildman–Crippen LogP) is 12.3. The number of para-hydroxylation sites is 4. The predicted molar refractivity (Wildman–Crippen MR) is 274 cm³/mol. The van der Waals surface area contributed by atoms with Gasteiger partial charge in [-0.25, -0.2) is 0 Å². The van der Waals surface area contributed by atoms with Crippen molar-refractivity contribution in [2.75, 3.05) is 0 Å². The minimum atomic E-state index is -3.21. The zero-order valence-corrected chi connectivity index (χ0v) is 36.7. The van der Waals surface area contributed by atoms with Gasteiger partial charge in [-0.3, -0.25) is 9.97 Å². The fourth-order valence-electron chi connectivity index (χ4n) is 11.0. The Morgan fingerprint density at radius 3 is 1.45 bits per heavy atom. The molecule has 14 rings (SSSR count). The van der Waals surface area contributed by atoms with Crippen LogP contribution in [0.15, 0.2) is 223 Å². The van der Waals surface area contributed by atoms with Gasteiger partial charge >= 0.3 is 0 Å². The number of fused-ring (bicyclic) bond motifs is 12. The van der Waals surface area contributed by atoms with Crippen molar-refractivity contribution in [3.8, 4) is 11.4 Å². The maximum atomic E-state index is 7.52. The van der Waals surface area contributed by atoms with Gasteiger partial charge in [-0.2, -0.15) is 0 Å². The molecular formula is C58H36N4OSSi. The van der Waals surface area contributed by atoms with E-state index in [0.717, 1.165) is 54.9 Å². The average molecular weight is 865 g/mol. The lowest BCUT2D eigenvalue weighted by Gasteiger charge is -2.34. The Hall–Kier alpha value is -8.10. The van der Waals surface area contributed by atoms with Crippen molar-refractivity contribution in [3.05, 3.63) is 219 Å². The zero-order chi connectivity index (χ0) is 42.6. The Balaban J connectivity index is 1.10. The summed E-state index contributed by atoms with van der Waals surface area (Å²) in [4.78, 5) is 9.09. The molecule has 5 nitrogen and oxygen atoms in total. The van der Waals surface area contributed by atoms with Crippen LogP contribution < -0.4 is 20.7 Å². The molecule has 6 heterocycles. The van der Waals surface area contributed by atoms with Gasteiger partial charge in [0.05, 0.1) is 38.1 Å². The lowest BCUT2D eigenvalue weighted by Crippen LogP contribution is -2.74. The zero-order valence-electron chi connectivity index (χ0n) is 34.9. The van der Waals surface area contributed by atoms with Crippen molar-refractivity contribution in [2.24, 2.45) is 0 Å². The maximum Gasteiger partial charge on any atom is 0.185 e. The summed E-state index contributed by atoms with van der Waals surface area (Å²) < 4.78 is 14.9. The highest BCUT2D eigenvalue weighted by Gasteiger charge is 2.45. The van der Waals surface area contributed by atoms with Crippen LogP contribution in [-0.4, -0.2) is 27.2 Å². The standard InChI is InChI=1S/C58H36N4OSSi/c1-3-15-37(16-4-1)65(38-17-5-2-6-18-38,53-29-13-22-42-41-21-11-27-51(55(41)63-56(42)53)61-47-25-9-7-19-39(47)45-35-59-33-31-49(45)61)54-30-14-24-44-43-23-12-28-52(57(43)64-58(44)54)62-48-26-10-8-20-40(48)46-36-60-34-32-50(46)62/h1-36H. The second kappa shape index (κ2) is 13.9. The first-order chi connectivity index (χ1) is 32.3. The van der Waals surface area contributed by atoms with Gasteiger partial charge in [-0.15, -0.1) is 11.3 Å². The second-order valence-electron chi connectivity index (χ2n) is 16.8. The highest BCUT2D eigenvalue weighted by Crippen LogP contribution is 2.42. The molecule has 0 N–H and O–H groups in total. The summed E-state index contributed by atoms with van der Waals surface area (Å²) in [6, 6.07) is 71.3. The molecule has 0 aliphatic carbocycles. The average Bonchev–Trinajstić information content (AvgIpc) is 4.14. The number of rotatable bonds is 6. The number of hydrogen-bond acceptors (Lipinski definition) is 4. The Morgan fingerprint density at radius 1 is 0.354 bits per heavy atom. The quantitative estimate of drug-likeness (QED) is 0.124. The van der Waals surface area contributed by atoms with Crippen LogP contribution in [0.1, 0.15) is 0 Å². The summed E-state index contributed by atoms with van der Waals surface area (Å²) in [7, 11) is -3.21. The SMILES string of the molecule is c1ccc([Si](c2ccccc2)(c2cccc3c2oc2c(-n4c5ccccc5c5cnccc54)cccc23)c2cccc3c2sc2c(-n4c5ccccc5c5cnccc54)cccc23)cc1. The van der Waals surface area contributed by atoms with E-state index in [2.05, 4.69) is 213 Å². The molecule has 0 radical (unpaired) electrons. The first-order valence-corrected chi connectivity index (χ1v) is 24.8. The molecule has 6 aromatic heterocycles. The number of benzene rings is 8. The van der Waals surface area contributed by atoms with Gasteiger partial charge in [-0.05, 0) is 57.1 Å². The van der Waals surface area contributed by atoms with Gasteiger partial charge < -0.3 is 13.6 Å². The third kappa shape index (κ3) is 5.02. The van der Waals surface area contributed by atoms with E-state index in [-0.39, 0.29) is 0 Å². The molecule has 0 unspecified atom stereocenters. The van der Waals surface area contributed by atoms with Gasteiger partial charge in [0.25, 0.3) is 0 Å². The van der Waals surface area contributed by atoms with Crippen molar-refractivity contribution in [1.29, 1.82) is 0 Å². The van der Waals surface area contributed by atoms with E-state index < -0.39 is 8.07 Å². The highest BCUT2D eigenvalue weighted by molar-refractivity contribution is 7.31. The van der Waals surface area contributed by atoms with Crippen molar-refractivity contribution < 1.29 is 4.42 Å². The molecule has 0 fully saturated rings. The molecule has 8 aromatic carbocycles. The summed E-state index contributed by atoms with van der Waals surface area (Å²) >= 11 is 1.91. The van der Waals surface area contributed by atoms with E-state index in [0.29, 0.717) is 0 Å². The molecule has 0 spiro atoms. The highest BCUT2D eigenvalue weighted by atomic mass is 32.1. The van der Waals surface area contributed by atoms with E-state index in [9.17, 15) is 0 Å². The minimum Gasteiger partial charge on any atom is -0.454 e. The van der Waals surface area contributed by atoms with Crippen molar-refractivity contribution in [3.63, 3.8) is 0 Å². The summed E-state index contributed by atoms with van der Waals surface area (Å²) in [5, 5.41) is 14.5. The van der Waals surface area contributed by atoms with Crippen LogP contribution in [-0.2, 0) is 0 Å². The van der Waals surface area contributed by atoms with Gasteiger partial charge in [-0.1, -0.05) is 158 Å². The summed E-state index contributed by atoms with van der Waals surface area (Å²) in [6.07, 6.45) is 7.76. The third-order valence-corrected chi connectivity index (χ3v) is 19.9. The lowest BCUT2D eigenvalue weighted by atomic mass is 10.1. The van der Waals surface area contributed by atoms with Crippen molar-refractivity contribution in [2.45, 2.75) is 0 Å². The Bertz CT molecular complexity index is 3820. The van der Waals surface area contributed by atoms with Crippen LogP contribution in [0.5, 0.6) is 0 Å². The molecular weight excluding hydrogens is 829 g/mol. The third-order valence-electron chi connectivity index (χ3n) is 13.7. The summed E-state index contributed by atoms with van der Waals surface area (Å²) in [5.74, 6) is 0. The van der Waals surface area contributed by atoms with Crippen LogP contribution >= 0.6 is 11.3 Å². The topological polar surface area (TPSA) is 48.8 Å². The largest absolute Gasteiger partial charge is 0.454 e. The molecule has 0 saturated heterocycles. The second-order valence-corrected chi connectivity index (χ2v) is 21.6. The Kier molecular flexibility index (Phi) is 7.81. The number of hydrogen-bond donors (Lipinski definition) is 0. The van der Waals surface area contributed by atoms with Crippen LogP contribution in [0, 0.1) is 0 Å². The van der Waals surface area contributed by atoms with E-state index in [1.165, 1.54) is 62.9 Å². The van der Waals surface area contributed by atoms with E-state index in [1.54, 1.807) is 0 Å². The fraction of sp³-hybridized carbons (Fsp3) is 0. The number of aromatic nitrogens is 4. The lowest BCUT2D eigenvalue weighted by molar-refractivity contribution is 0.668. The van der Waals surface area contributed by atoms with Crippen LogP contribution in [0.3, 0.4) is 0 Å². The first-order valence-electron chi connectivity index (χ1n) is 22.0. The van der Waals surface area contributed by atoms with Gasteiger partial charge in [0.2, 0.25) is 0 Å². The molecule has 7 heteroatoms. The van der Waals surface area contributed by atoms with Crippen LogP contribution in [0.25, 0.3) is 97.1 Å². The number of pyridine rings is 2. The molecule has 0 saturated carbocycles. The molecule has 304 valence electrons. The normalized spacial score (nSPS) is 12.3. The van der Waals surface area contributed by atoms with Gasteiger partial charge in [0.1, 0.15) is 5.58 Å². The molecule has 14 aromatic rings. The molecule has 0 bridgehead atoms. The summed E-state index contributed by atoms with van der Waals surface area (Å²) in [6.45, 7) is 0. The molecule has 0 atom stereocenters. The van der Waals surface area contributed by atoms with Gasteiger partial charge in [0, 0.05) is 72.6 Å². The van der Waals surface area contributed by atoms with Crippen molar-refractivity contribution >= 4 is 126 Å². The molecule has 65 heavy (non-hydrogen) atoms. The van der Waals surface area contributed by atoms with E-state index in [1.807, 2.05) is 36.1 Å². The number of furan rings is 1. The maximum absolute atomic E-state index is 7.52. The van der Waals surface area contributed by atoms with E-state index in [4.69, 9.17) is 4.42 Å². The Labute approximate surface area is 377 Å². The van der Waals surface area contributed by atoms with Gasteiger partial charge in [0.15, 0.2) is 13.7 Å². The number of nitrogens with zero attached hydrogens (tertiary/aromatic N) is 4. The molecule has 0 aliphatic heterocycles. The monoisotopic (exact) mass is 864 g/mol. The fourth-order valence-corrected chi connectivity index (χ4v) is 17.8.